The molecule has 3 heterocycles. The molecular weight excluding hydrogens is 384 g/mol. The van der Waals surface area contributed by atoms with Crippen molar-refractivity contribution < 1.29 is 14.1 Å². The Morgan fingerprint density at radius 2 is 2.03 bits per heavy atom. The maximum absolute atomic E-state index is 12.8. The Labute approximate surface area is 172 Å². The normalized spacial score (nSPS) is 12.0. The molecule has 0 aliphatic carbocycles. The lowest BCUT2D eigenvalue weighted by molar-refractivity contribution is -0.119. The molecule has 0 aliphatic rings. The van der Waals surface area contributed by atoms with Gasteiger partial charge in [0, 0.05) is 24.4 Å². The van der Waals surface area contributed by atoms with E-state index < -0.39 is 6.04 Å². The van der Waals surface area contributed by atoms with Crippen LogP contribution in [0.4, 0.5) is 5.69 Å². The predicted octanol–water partition coefficient (Wildman–Crippen LogP) is 3.14. The molecule has 2 N–H and O–H groups in total. The first kappa shape index (κ1) is 19.3. The number of amides is 2. The number of imidazole rings is 1. The van der Waals surface area contributed by atoms with Crippen LogP contribution in [0.3, 0.4) is 0 Å². The molecule has 0 bridgehead atoms. The van der Waals surface area contributed by atoms with E-state index in [4.69, 9.17) is 4.52 Å². The lowest BCUT2D eigenvalue weighted by Gasteiger charge is -2.09. The van der Waals surface area contributed by atoms with Crippen molar-refractivity contribution in [3.63, 3.8) is 0 Å². The number of hydrogen-bond donors (Lipinski definition) is 2. The van der Waals surface area contributed by atoms with E-state index in [1.807, 2.05) is 37.3 Å². The van der Waals surface area contributed by atoms with Gasteiger partial charge in [0.2, 0.25) is 17.6 Å². The molecule has 1 aromatic carbocycles. The van der Waals surface area contributed by atoms with Crippen LogP contribution in [0.5, 0.6) is 0 Å². The highest BCUT2D eigenvalue weighted by molar-refractivity contribution is 6.04. The average Bonchev–Trinajstić information content (AvgIpc) is 3.36. The highest BCUT2D eigenvalue weighted by Crippen LogP contribution is 2.25. The number of aryl methyl sites for hydroxylation is 1. The Kier molecular flexibility index (Phi) is 5.01. The predicted molar refractivity (Wildman–Crippen MR) is 110 cm³/mol. The standard InChI is InChI=1S/C21H20N6O3/c1-12-7-8-15(19-25-21(30-26-19)13(2)23-14(3)28)10-16(12)24-20(29)17-11-22-18-6-4-5-9-27(17)18/h4-11,13H,1-3H3,(H,23,28)(H,24,29)/t13-/m0/s1. The van der Waals surface area contributed by atoms with Gasteiger partial charge >= 0.3 is 0 Å². The van der Waals surface area contributed by atoms with E-state index in [9.17, 15) is 9.59 Å². The number of pyridine rings is 1. The van der Waals surface area contributed by atoms with Crippen LogP contribution in [0.1, 0.15) is 41.8 Å². The van der Waals surface area contributed by atoms with Crippen molar-refractivity contribution >= 4 is 23.1 Å². The van der Waals surface area contributed by atoms with Crippen LogP contribution in [0, 0.1) is 6.92 Å². The largest absolute Gasteiger partial charge is 0.345 e. The molecule has 4 aromatic rings. The molecule has 2 amide bonds. The van der Waals surface area contributed by atoms with E-state index in [-0.39, 0.29) is 11.8 Å². The molecule has 1 atom stereocenters. The zero-order valence-corrected chi connectivity index (χ0v) is 16.7. The minimum atomic E-state index is -0.400. The first-order chi connectivity index (χ1) is 14.4. The fraction of sp³-hybridized carbons (Fsp3) is 0.190. The number of carbonyl (C=O) groups is 2. The summed E-state index contributed by atoms with van der Waals surface area (Å²) < 4.78 is 6.99. The van der Waals surface area contributed by atoms with Crippen molar-refractivity contribution in [1.29, 1.82) is 0 Å². The minimum absolute atomic E-state index is 0.185. The Morgan fingerprint density at radius 3 is 2.83 bits per heavy atom. The van der Waals surface area contributed by atoms with Gasteiger partial charge in [0.25, 0.3) is 5.91 Å². The first-order valence-electron chi connectivity index (χ1n) is 9.37. The van der Waals surface area contributed by atoms with E-state index in [2.05, 4.69) is 25.8 Å². The van der Waals surface area contributed by atoms with Crippen LogP contribution in [0.25, 0.3) is 17.0 Å². The van der Waals surface area contributed by atoms with Crippen molar-refractivity contribution in [2.24, 2.45) is 0 Å². The molecule has 9 heteroatoms. The summed E-state index contributed by atoms with van der Waals surface area (Å²) in [5, 5.41) is 9.62. The molecule has 0 saturated carbocycles. The molecule has 30 heavy (non-hydrogen) atoms. The number of hydrogen-bond acceptors (Lipinski definition) is 6. The summed E-state index contributed by atoms with van der Waals surface area (Å²) in [6.45, 7) is 5.08. The highest BCUT2D eigenvalue weighted by atomic mass is 16.5. The van der Waals surface area contributed by atoms with E-state index >= 15 is 0 Å². The Morgan fingerprint density at radius 1 is 1.20 bits per heavy atom. The molecule has 0 spiro atoms. The molecular formula is C21H20N6O3. The highest BCUT2D eigenvalue weighted by Gasteiger charge is 2.18. The summed E-state index contributed by atoms with van der Waals surface area (Å²) in [6, 6.07) is 10.6. The van der Waals surface area contributed by atoms with Crippen LogP contribution in [-0.4, -0.2) is 31.3 Å². The Bertz CT molecular complexity index is 1240. The molecule has 152 valence electrons. The summed E-state index contributed by atoms with van der Waals surface area (Å²) in [5.41, 5.74) is 3.32. The molecule has 4 rings (SSSR count). The van der Waals surface area contributed by atoms with E-state index in [1.54, 1.807) is 29.8 Å². The Hall–Kier alpha value is -4.01. The van der Waals surface area contributed by atoms with Gasteiger partial charge in [-0.05, 0) is 37.6 Å². The van der Waals surface area contributed by atoms with E-state index in [1.165, 1.54) is 6.92 Å². The molecule has 0 radical (unpaired) electrons. The quantitative estimate of drug-likeness (QED) is 0.528. The zero-order chi connectivity index (χ0) is 21.3. The van der Waals surface area contributed by atoms with Gasteiger partial charge in [0.05, 0.1) is 6.20 Å². The maximum Gasteiger partial charge on any atom is 0.274 e. The molecule has 0 unspecified atom stereocenters. The van der Waals surface area contributed by atoms with Gasteiger partial charge in [0.1, 0.15) is 17.4 Å². The van der Waals surface area contributed by atoms with Gasteiger partial charge in [-0.3, -0.25) is 14.0 Å². The summed E-state index contributed by atoms with van der Waals surface area (Å²) in [4.78, 5) is 32.6. The number of aromatic nitrogens is 4. The summed E-state index contributed by atoms with van der Waals surface area (Å²) in [7, 11) is 0. The van der Waals surface area contributed by atoms with Gasteiger partial charge in [-0.2, -0.15) is 4.98 Å². The summed E-state index contributed by atoms with van der Waals surface area (Å²) >= 11 is 0. The van der Waals surface area contributed by atoms with Crippen LogP contribution in [-0.2, 0) is 4.79 Å². The maximum atomic E-state index is 12.8. The van der Waals surface area contributed by atoms with Crippen LogP contribution < -0.4 is 10.6 Å². The van der Waals surface area contributed by atoms with Crippen LogP contribution in [0.2, 0.25) is 0 Å². The monoisotopic (exact) mass is 404 g/mol. The van der Waals surface area contributed by atoms with Crippen molar-refractivity contribution in [1.82, 2.24) is 24.8 Å². The number of nitrogens with one attached hydrogen (secondary N) is 2. The number of fused-ring (bicyclic) bond motifs is 1. The third-order valence-corrected chi connectivity index (χ3v) is 4.63. The lowest BCUT2D eigenvalue weighted by atomic mass is 10.1. The van der Waals surface area contributed by atoms with Crippen molar-refractivity contribution in [3.8, 4) is 11.4 Å². The van der Waals surface area contributed by atoms with Gasteiger partial charge in [-0.1, -0.05) is 23.4 Å². The summed E-state index contributed by atoms with van der Waals surface area (Å²) in [6.07, 6.45) is 3.33. The van der Waals surface area contributed by atoms with Crippen molar-refractivity contribution in [2.45, 2.75) is 26.8 Å². The number of benzene rings is 1. The molecule has 9 nitrogen and oxygen atoms in total. The number of carbonyl (C=O) groups excluding carboxylic acids is 2. The zero-order valence-electron chi connectivity index (χ0n) is 16.7. The average molecular weight is 404 g/mol. The minimum Gasteiger partial charge on any atom is -0.345 e. The number of rotatable bonds is 5. The molecule has 0 aliphatic heterocycles. The number of anilines is 1. The van der Waals surface area contributed by atoms with Gasteiger partial charge in [0.15, 0.2) is 0 Å². The first-order valence-corrected chi connectivity index (χ1v) is 9.37. The van der Waals surface area contributed by atoms with E-state index in [0.29, 0.717) is 34.3 Å². The molecule has 0 saturated heterocycles. The van der Waals surface area contributed by atoms with Crippen molar-refractivity contribution in [3.05, 3.63) is 65.9 Å². The second kappa shape index (κ2) is 7.78. The van der Waals surface area contributed by atoms with Gasteiger partial charge in [-0.25, -0.2) is 4.98 Å². The second-order valence-electron chi connectivity index (χ2n) is 6.93. The molecule has 0 fully saturated rings. The van der Waals surface area contributed by atoms with Crippen LogP contribution in [0.15, 0.2) is 53.3 Å². The summed E-state index contributed by atoms with van der Waals surface area (Å²) in [5.74, 6) is 0.210. The lowest BCUT2D eigenvalue weighted by Crippen LogP contribution is -2.23. The fourth-order valence-corrected chi connectivity index (χ4v) is 3.08. The third kappa shape index (κ3) is 3.77. The SMILES string of the molecule is CC(=O)N[C@@H](C)c1nc(-c2ccc(C)c(NC(=O)c3cnc4ccccn34)c2)no1. The van der Waals surface area contributed by atoms with Gasteiger partial charge < -0.3 is 15.2 Å². The van der Waals surface area contributed by atoms with Crippen LogP contribution >= 0.6 is 0 Å². The number of nitrogens with zero attached hydrogens (tertiary/aromatic N) is 4. The topological polar surface area (TPSA) is 114 Å². The third-order valence-electron chi connectivity index (χ3n) is 4.63. The van der Waals surface area contributed by atoms with Crippen molar-refractivity contribution in [2.75, 3.05) is 5.32 Å². The second-order valence-corrected chi connectivity index (χ2v) is 6.93. The van der Waals surface area contributed by atoms with E-state index in [0.717, 1.165) is 5.56 Å². The van der Waals surface area contributed by atoms with Gasteiger partial charge in [-0.15, -0.1) is 0 Å². The fourth-order valence-electron chi connectivity index (χ4n) is 3.08. The Balaban J connectivity index is 1.59. The smallest absolute Gasteiger partial charge is 0.274 e. The molecule has 3 aromatic heterocycles.